The summed E-state index contributed by atoms with van der Waals surface area (Å²) in [6, 6.07) is 3.94. The molecule has 1 saturated heterocycles. The third-order valence-electron chi connectivity index (χ3n) is 3.40. The Labute approximate surface area is 105 Å². The molecule has 1 aromatic rings. The van der Waals surface area contributed by atoms with Crippen LogP contribution in [0.15, 0.2) is 18.2 Å². The van der Waals surface area contributed by atoms with Gasteiger partial charge in [0, 0.05) is 6.92 Å². The molecule has 18 heavy (non-hydrogen) atoms. The Bertz CT molecular complexity index is 422. The Balaban J connectivity index is 1.98. The van der Waals surface area contributed by atoms with Gasteiger partial charge in [-0.05, 0) is 12.1 Å². The van der Waals surface area contributed by atoms with Crippen molar-refractivity contribution in [2.24, 2.45) is 0 Å². The van der Waals surface area contributed by atoms with Crippen LogP contribution in [0.2, 0.25) is 0 Å². The Morgan fingerprint density at radius 1 is 1.28 bits per heavy atom. The molecule has 0 aliphatic carbocycles. The summed E-state index contributed by atoms with van der Waals surface area (Å²) >= 11 is 0. The number of carbonyl (C=O) groups excluding carboxylic acids is 1. The van der Waals surface area contributed by atoms with E-state index < -0.39 is 11.6 Å². The van der Waals surface area contributed by atoms with Crippen molar-refractivity contribution in [3.63, 3.8) is 0 Å². The molecule has 0 unspecified atom stereocenters. The van der Waals surface area contributed by atoms with Gasteiger partial charge in [0.25, 0.3) is 0 Å². The maximum atomic E-state index is 13.5. The average molecular weight is 255 g/mol. The van der Waals surface area contributed by atoms with Gasteiger partial charge in [0.1, 0.15) is 18.2 Å². The summed E-state index contributed by atoms with van der Waals surface area (Å²) in [4.78, 5) is 14.0. The first-order valence-corrected chi connectivity index (χ1v) is 6.10. The predicted octanol–water partition coefficient (Wildman–Crippen LogP) is 0.212. The average Bonchev–Trinajstić information content (AvgIpc) is 2.34. The number of amides is 1. The van der Waals surface area contributed by atoms with Crippen LogP contribution in [-0.4, -0.2) is 37.0 Å². The third-order valence-corrected chi connectivity index (χ3v) is 3.40. The molecule has 1 heterocycles. The van der Waals surface area contributed by atoms with E-state index in [1.165, 1.54) is 18.2 Å². The fourth-order valence-electron chi connectivity index (χ4n) is 2.27. The number of carbonyl (C=O) groups is 1. The number of benzene rings is 1. The van der Waals surface area contributed by atoms with Crippen LogP contribution in [0.1, 0.15) is 12.5 Å². The molecule has 1 fully saturated rings. The van der Waals surface area contributed by atoms with E-state index in [-0.39, 0.29) is 11.5 Å². The predicted molar refractivity (Wildman–Crippen MR) is 63.0 cm³/mol. The van der Waals surface area contributed by atoms with E-state index in [4.69, 9.17) is 0 Å². The first-order valence-electron chi connectivity index (χ1n) is 6.10. The molecule has 0 aromatic heterocycles. The van der Waals surface area contributed by atoms with E-state index in [2.05, 4.69) is 0 Å². The zero-order valence-corrected chi connectivity index (χ0v) is 10.4. The minimum Gasteiger partial charge on any atom is -0.332 e. The molecule has 1 aromatic carbocycles. The molecule has 3 nitrogen and oxygen atoms in total. The van der Waals surface area contributed by atoms with Crippen LogP contribution in [0.25, 0.3) is 0 Å². The molecule has 5 heteroatoms. The van der Waals surface area contributed by atoms with E-state index in [1.54, 1.807) is 11.8 Å². The Morgan fingerprint density at radius 2 is 1.83 bits per heavy atom. The zero-order valence-electron chi connectivity index (χ0n) is 10.4. The van der Waals surface area contributed by atoms with Crippen molar-refractivity contribution in [1.29, 1.82) is 0 Å². The van der Waals surface area contributed by atoms with Crippen molar-refractivity contribution < 1.29 is 18.5 Å². The molecule has 0 spiro atoms. The van der Waals surface area contributed by atoms with Gasteiger partial charge in [0.2, 0.25) is 5.91 Å². The van der Waals surface area contributed by atoms with Gasteiger partial charge in [0.15, 0.2) is 0 Å². The molecule has 1 N–H and O–H groups in total. The van der Waals surface area contributed by atoms with Crippen molar-refractivity contribution in [3.8, 4) is 0 Å². The van der Waals surface area contributed by atoms with Gasteiger partial charge in [-0.25, -0.2) is 8.78 Å². The van der Waals surface area contributed by atoms with Gasteiger partial charge in [-0.15, -0.1) is 0 Å². The highest BCUT2D eigenvalue weighted by atomic mass is 19.1. The van der Waals surface area contributed by atoms with Gasteiger partial charge in [-0.3, -0.25) is 4.79 Å². The Hall–Kier alpha value is -1.49. The maximum absolute atomic E-state index is 13.5. The smallest absolute Gasteiger partial charge is 0.219 e. The number of quaternary nitrogens is 1. The number of piperazine rings is 1. The van der Waals surface area contributed by atoms with Crippen LogP contribution in [0.3, 0.4) is 0 Å². The second-order valence-corrected chi connectivity index (χ2v) is 4.63. The lowest BCUT2D eigenvalue weighted by Crippen LogP contribution is -3.13. The SMILES string of the molecule is CC(=O)N1CC[NH+](Cc2c(F)cccc2F)CC1. The van der Waals surface area contributed by atoms with Crippen LogP contribution in [0.4, 0.5) is 8.78 Å². The van der Waals surface area contributed by atoms with E-state index >= 15 is 0 Å². The molecule has 1 aliphatic rings. The monoisotopic (exact) mass is 255 g/mol. The van der Waals surface area contributed by atoms with Gasteiger partial charge >= 0.3 is 0 Å². The van der Waals surface area contributed by atoms with Crippen molar-refractivity contribution in [3.05, 3.63) is 35.4 Å². The first-order chi connectivity index (χ1) is 8.58. The molecule has 98 valence electrons. The summed E-state index contributed by atoms with van der Waals surface area (Å²) in [5.74, 6) is -0.917. The van der Waals surface area contributed by atoms with E-state index in [1.807, 2.05) is 0 Å². The number of halogens is 2. The van der Waals surface area contributed by atoms with E-state index in [9.17, 15) is 13.6 Å². The second-order valence-electron chi connectivity index (χ2n) is 4.63. The van der Waals surface area contributed by atoms with Crippen molar-refractivity contribution in [2.75, 3.05) is 26.2 Å². The van der Waals surface area contributed by atoms with Crippen molar-refractivity contribution >= 4 is 5.91 Å². The number of rotatable bonds is 2. The molecule has 0 atom stereocenters. The first kappa shape index (κ1) is 13.0. The van der Waals surface area contributed by atoms with Gasteiger partial charge in [0.05, 0.1) is 31.7 Å². The minimum atomic E-state index is -0.489. The fourth-order valence-corrected chi connectivity index (χ4v) is 2.27. The highest BCUT2D eigenvalue weighted by Gasteiger charge is 2.23. The van der Waals surface area contributed by atoms with Crippen molar-refractivity contribution in [2.45, 2.75) is 13.5 Å². The summed E-state index contributed by atoms with van der Waals surface area (Å²) in [5.41, 5.74) is 0.142. The van der Waals surface area contributed by atoms with E-state index in [0.29, 0.717) is 19.6 Å². The summed E-state index contributed by atoms with van der Waals surface area (Å²) < 4.78 is 27.0. The van der Waals surface area contributed by atoms with Crippen molar-refractivity contribution in [1.82, 2.24) is 4.90 Å². The number of hydrogen-bond donors (Lipinski definition) is 1. The standard InChI is InChI=1S/C13H16F2N2O/c1-10(18)17-7-5-16(6-8-17)9-11-12(14)3-2-4-13(11)15/h2-4H,5-9H2,1H3/p+1. The molecule has 1 amide bonds. The van der Waals surface area contributed by atoms with Crippen LogP contribution in [0, 0.1) is 11.6 Å². The highest BCUT2D eigenvalue weighted by Crippen LogP contribution is 2.10. The number of nitrogens with one attached hydrogen (secondary N) is 1. The minimum absolute atomic E-state index is 0.0612. The third kappa shape index (κ3) is 2.85. The van der Waals surface area contributed by atoms with E-state index in [0.717, 1.165) is 18.0 Å². The Morgan fingerprint density at radius 3 is 2.33 bits per heavy atom. The Kier molecular flexibility index (Phi) is 3.91. The molecule has 1 aliphatic heterocycles. The van der Waals surface area contributed by atoms with Crippen LogP contribution in [0.5, 0.6) is 0 Å². The van der Waals surface area contributed by atoms with Gasteiger partial charge in [-0.1, -0.05) is 6.07 Å². The lowest BCUT2D eigenvalue weighted by Gasteiger charge is -2.31. The topological polar surface area (TPSA) is 24.8 Å². The summed E-state index contributed by atoms with van der Waals surface area (Å²) in [5, 5.41) is 0. The lowest BCUT2D eigenvalue weighted by molar-refractivity contribution is -0.917. The molecule has 0 radical (unpaired) electrons. The zero-order chi connectivity index (χ0) is 13.1. The highest BCUT2D eigenvalue weighted by molar-refractivity contribution is 5.73. The van der Waals surface area contributed by atoms with Gasteiger partial charge in [-0.2, -0.15) is 0 Å². The summed E-state index contributed by atoms with van der Waals surface area (Å²) in [6.07, 6.45) is 0. The normalized spacial score (nSPS) is 16.9. The second kappa shape index (κ2) is 5.44. The van der Waals surface area contributed by atoms with Crippen LogP contribution < -0.4 is 4.90 Å². The summed E-state index contributed by atoms with van der Waals surface area (Å²) in [6.45, 7) is 4.65. The molecule has 0 saturated carbocycles. The van der Waals surface area contributed by atoms with Gasteiger partial charge < -0.3 is 9.80 Å². The van der Waals surface area contributed by atoms with Crippen LogP contribution in [-0.2, 0) is 11.3 Å². The number of nitrogens with zero attached hydrogens (tertiary/aromatic N) is 1. The molecular formula is C13H17F2N2O+. The quantitative estimate of drug-likeness (QED) is 0.803. The molecular weight excluding hydrogens is 238 g/mol. The van der Waals surface area contributed by atoms with Crippen LogP contribution >= 0.6 is 0 Å². The molecule has 0 bridgehead atoms. The molecule has 2 rings (SSSR count). The lowest BCUT2D eigenvalue weighted by atomic mass is 10.1. The number of hydrogen-bond acceptors (Lipinski definition) is 1. The largest absolute Gasteiger partial charge is 0.332 e. The maximum Gasteiger partial charge on any atom is 0.219 e. The fraction of sp³-hybridized carbons (Fsp3) is 0.462. The summed E-state index contributed by atoms with van der Waals surface area (Å²) in [7, 11) is 0.